The second kappa shape index (κ2) is 4.39. The Morgan fingerprint density at radius 3 is 2.72 bits per heavy atom. The molecule has 0 unspecified atom stereocenters. The molecule has 0 radical (unpaired) electrons. The van der Waals surface area contributed by atoms with E-state index in [0.29, 0.717) is 0 Å². The molecule has 1 aliphatic heterocycles. The molecule has 1 aromatic carbocycles. The van der Waals surface area contributed by atoms with Crippen LogP contribution in [0, 0.1) is 6.92 Å². The number of fused-ring (bicyclic) bond motifs is 1. The number of nitrogens with one attached hydrogen (secondary N) is 2. The van der Waals surface area contributed by atoms with Crippen molar-refractivity contribution in [2.45, 2.75) is 38.5 Å². The van der Waals surface area contributed by atoms with Gasteiger partial charge in [0.15, 0.2) is 0 Å². The van der Waals surface area contributed by atoms with Gasteiger partial charge in [0.1, 0.15) is 5.82 Å². The lowest BCUT2D eigenvalue weighted by Gasteiger charge is -2.35. The Hall–Kier alpha value is -1.35. The third kappa shape index (κ3) is 1.74. The lowest BCUT2D eigenvalue weighted by Crippen LogP contribution is -2.40. The number of aromatic nitrogens is 2. The van der Waals surface area contributed by atoms with Gasteiger partial charge in [0.05, 0.1) is 11.0 Å². The first-order valence-corrected chi connectivity index (χ1v) is 6.92. The lowest BCUT2D eigenvalue weighted by molar-refractivity contribution is 0.285. The minimum Gasteiger partial charge on any atom is -0.341 e. The van der Waals surface area contributed by atoms with Crippen molar-refractivity contribution < 1.29 is 0 Å². The van der Waals surface area contributed by atoms with Gasteiger partial charge in [0.25, 0.3) is 0 Å². The average molecular weight is 243 g/mol. The van der Waals surface area contributed by atoms with E-state index in [0.717, 1.165) is 25.0 Å². The fourth-order valence-corrected chi connectivity index (χ4v) is 3.09. The monoisotopic (exact) mass is 243 g/mol. The minimum atomic E-state index is 0.247. The van der Waals surface area contributed by atoms with Gasteiger partial charge in [0.2, 0.25) is 0 Å². The van der Waals surface area contributed by atoms with Gasteiger partial charge in [-0.25, -0.2) is 4.98 Å². The first-order valence-electron chi connectivity index (χ1n) is 6.92. The Morgan fingerprint density at radius 1 is 1.28 bits per heavy atom. The van der Waals surface area contributed by atoms with Crippen molar-refractivity contribution in [3.8, 4) is 0 Å². The van der Waals surface area contributed by atoms with Crippen molar-refractivity contribution in [3.05, 3.63) is 29.6 Å². The predicted octanol–water partition coefficient (Wildman–Crippen LogP) is 2.90. The molecule has 0 atom stereocenters. The number of hydrogen-bond donors (Lipinski definition) is 2. The summed E-state index contributed by atoms with van der Waals surface area (Å²) in [6.45, 7) is 6.62. The van der Waals surface area contributed by atoms with Crippen molar-refractivity contribution in [2.24, 2.45) is 0 Å². The van der Waals surface area contributed by atoms with E-state index in [1.807, 2.05) is 0 Å². The molecular weight excluding hydrogens is 222 g/mol. The fraction of sp³-hybridized carbons (Fsp3) is 0.533. The molecule has 1 saturated heterocycles. The minimum absolute atomic E-state index is 0.247. The number of nitrogens with zero attached hydrogens (tertiary/aromatic N) is 1. The van der Waals surface area contributed by atoms with Crippen molar-refractivity contribution in [2.75, 3.05) is 13.1 Å². The number of para-hydroxylation sites is 1. The summed E-state index contributed by atoms with van der Waals surface area (Å²) < 4.78 is 0. The molecule has 0 amide bonds. The van der Waals surface area contributed by atoms with Gasteiger partial charge < -0.3 is 10.3 Å². The molecule has 96 valence electrons. The number of H-pyrrole nitrogens is 1. The summed E-state index contributed by atoms with van der Waals surface area (Å²) in [6, 6.07) is 6.36. The van der Waals surface area contributed by atoms with Gasteiger partial charge >= 0.3 is 0 Å². The summed E-state index contributed by atoms with van der Waals surface area (Å²) >= 11 is 0. The quantitative estimate of drug-likeness (QED) is 0.851. The van der Waals surface area contributed by atoms with Crippen LogP contribution < -0.4 is 5.32 Å². The maximum Gasteiger partial charge on any atom is 0.113 e. The van der Waals surface area contributed by atoms with Crippen LogP contribution in [0.2, 0.25) is 0 Å². The van der Waals surface area contributed by atoms with Crippen LogP contribution in [0.3, 0.4) is 0 Å². The number of rotatable bonds is 2. The molecule has 0 bridgehead atoms. The zero-order valence-electron chi connectivity index (χ0n) is 11.2. The Balaban J connectivity index is 2.09. The third-order valence-electron chi connectivity index (χ3n) is 4.45. The molecule has 0 saturated carbocycles. The van der Waals surface area contributed by atoms with E-state index in [1.165, 1.54) is 29.7 Å². The van der Waals surface area contributed by atoms with Gasteiger partial charge in [-0.1, -0.05) is 19.1 Å². The highest BCUT2D eigenvalue weighted by Gasteiger charge is 2.34. The fourth-order valence-electron chi connectivity index (χ4n) is 3.09. The summed E-state index contributed by atoms with van der Waals surface area (Å²) in [7, 11) is 0. The van der Waals surface area contributed by atoms with E-state index in [-0.39, 0.29) is 5.41 Å². The third-order valence-corrected chi connectivity index (χ3v) is 4.45. The zero-order chi connectivity index (χ0) is 12.6. The van der Waals surface area contributed by atoms with Crippen molar-refractivity contribution >= 4 is 11.0 Å². The second-order valence-electron chi connectivity index (χ2n) is 5.44. The SMILES string of the molecule is CCC1(c2nc3c(C)cccc3[nH]2)CCNCC1. The van der Waals surface area contributed by atoms with E-state index in [9.17, 15) is 0 Å². The standard InChI is InChI=1S/C15H21N3/c1-3-15(7-9-16-10-8-15)14-17-12-6-4-5-11(2)13(12)18-14/h4-6,16H,3,7-10H2,1-2H3,(H,17,18). The summed E-state index contributed by atoms with van der Waals surface area (Å²) in [4.78, 5) is 8.45. The molecule has 2 N–H and O–H groups in total. The Kier molecular flexibility index (Phi) is 2.86. The van der Waals surface area contributed by atoms with Crippen molar-refractivity contribution in [1.82, 2.24) is 15.3 Å². The maximum atomic E-state index is 4.90. The van der Waals surface area contributed by atoms with Gasteiger partial charge in [-0.3, -0.25) is 0 Å². The maximum absolute atomic E-state index is 4.90. The van der Waals surface area contributed by atoms with Gasteiger partial charge in [-0.2, -0.15) is 0 Å². The van der Waals surface area contributed by atoms with Crippen molar-refractivity contribution in [1.29, 1.82) is 0 Å². The van der Waals surface area contributed by atoms with Crippen LogP contribution in [0.15, 0.2) is 18.2 Å². The molecule has 1 aromatic heterocycles. The summed E-state index contributed by atoms with van der Waals surface area (Å²) in [5.74, 6) is 1.19. The summed E-state index contributed by atoms with van der Waals surface area (Å²) in [5, 5.41) is 3.45. The van der Waals surface area contributed by atoms with Crippen LogP contribution in [0.25, 0.3) is 11.0 Å². The Morgan fingerprint density at radius 2 is 2.06 bits per heavy atom. The number of benzene rings is 1. The normalized spacial score (nSPS) is 19.2. The van der Waals surface area contributed by atoms with Crippen LogP contribution in [-0.4, -0.2) is 23.1 Å². The van der Waals surface area contributed by atoms with E-state index in [2.05, 4.69) is 42.3 Å². The first-order chi connectivity index (χ1) is 8.75. The molecule has 0 spiro atoms. The molecule has 2 heterocycles. The smallest absolute Gasteiger partial charge is 0.113 e. The molecular formula is C15H21N3. The van der Waals surface area contributed by atoms with Gasteiger partial charge in [-0.05, 0) is 50.9 Å². The highest BCUT2D eigenvalue weighted by Crippen LogP contribution is 2.36. The zero-order valence-corrected chi connectivity index (χ0v) is 11.2. The molecule has 2 aromatic rings. The average Bonchev–Trinajstić information content (AvgIpc) is 2.85. The molecule has 3 nitrogen and oxygen atoms in total. The van der Waals surface area contributed by atoms with E-state index < -0.39 is 0 Å². The Labute approximate surface area is 108 Å². The highest BCUT2D eigenvalue weighted by molar-refractivity contribution is 5.78. The highest BCUT2D eigenvalue weighted by atomic mass is 15.0. The van der Waals surface area contributed by atoms with Crippen molar-refractivity contribution in [3.63, 3.8) is 0 Å². The molecule has 0 aliphatic carbocycles. The Bertz CT molecular complexity index is 550. The van der Waals surface area contributed by atoms with E-state index >= 15 is 0 Å². The number of piperidine rings is 1. The molecule has 3 heteroatoms. The van der Waals surface area contributed by atoms with Crippen LogP contribution in [0.1, 0.15) is 37.6 Å². The van der Waals surface area contributed by atoms with Crippen LogP contribution >= 0.6 is 0 Å². The second-order valence-corrected chi connectivity index (χ2v) is 5.44. The number of aromatic amines is 1. The molecule has 1 fully saturated rings. The van der Waals surface area contributed by atoms with E-state index in [4.69, 9.17) is 4.98 Å². The number of imidazole rings is 1. The topological polar surface area (TPSA) is 40.7 Å². The van der Waals surface area contributed by atoms with Crippen LogP contribution in [0.4, 0.5) is 0 Å². The van der Waals surface area contributed by atoms with Gasteiger partial charge in [0, 0.05) is 5.41 Å². The number of aryl methyl sites for hydroxylation is 1. The number of hydrogen-bond acceptors (Lipinski definition) is 2. The molecule has 3 rings (SSSR count). The van der Waals surface area contributed by atoms with Crippen LogP contribution in [-0.2, 0) is 5.41 Å². The predicted molar refractivity (Wildman–Crippen MR) is 74.9 cm³/mol. The summed E-state index contributed by atoms with van der Waals surface area (Å²) in [6.07, 6.45) is 3.53. The lowest BCUT2D eigenvalue weighted by atomic mass is 9.76. The largest absolute Gasteiger partial charge is 0.341 e. The molecule has 18 heavy (non-hydrogen) atoms. The van der Waals surface area contributed by atoms with Gasteiger partial charge in [-0.15, -0.1) is 0 Å². The molecule has 1 aliphatic rings. The van der Waals surface area contributed by atoms with Crippen LogP contribution in [0.5, 0.6) is 0 Å². The summed E-state index contributed by atoms with van der Waals surface area (Å²) in [5.41, 5.74) is 3.82. The van der Waals surface area contributed by atoms with E-state index in [1.54, 1.807) is 0 Å². The first kappa shape index (κ1) is 11.7.